The number of hydrogen-bond acceptors (Lipinski definition) is 2. The molecule has 0 spiro atoms. The summed E-state index contributed by atoms with van der Waals surface area (Å²) in [4.78, 5) is 10.2. The third kappa shape index (κ3) is 9.34. The molecule has 0 amide bonds. The van der Waals surface area contributed by atoms with E-state index in [0.717, 1.165) is 6.42 Å². The maximum absolute atomic E-state index is 10.2. The molecule has 0 aromatic rings. The third-order valence-corrected chi connectivity index (χ3v) is 2.07. The van der Waals surface area contributed by atoms with E-state index >= 15 is 0 Å². The molecule has 0 saturated carbocycles. The Morgan fingerprint density at radius 1 is 1.46 bits per heavy atom. The van der Waals surface area contributed by atoms with Crippen molar-refractivity contribution in [2.24, 2.45) is 0 Å². The van der Waals surface area contributed by atoms with Gasteiger partial charge in [0, 0.05) is 12.6 Å². The number of carboxylic acid groups (broad SMARTS) is 1. The van der Waals surface area contributed by atoms with Crippen LogP contribution in [0.25, 0.3) is 0 Å². The zero-order valence-corrected chi connectivity index (χ0v) is 8.68. The number of carbonyl (C=O) groups is 1. The fourth-order valence-electron chi connectivity index (χ4n) is 1.23. The minimum Gasteiger partial charge on any atom is -0.481 e. The highest BCUT2D eigenvalue weighted by Gasteiger charge is 2.01. The van der Waals surface area contributed by atoms with Gasteiger partial charge < -0.3 is 10.4 Å². The molecule has 13 heavy (non-hydrogen) atoms. The van der Waals surface area contributed by atoms with Gasteiger partial charge in [-0.25, -0.2) is 0 Å². The van der Waals surface area contributed by atoms with Crippen molar-refractivity contribution in [3.05, 3.63) is 0 Å². The van der Waals surface area contributed by atoms with Crippen LogP contribution in [-0.2, 0) is 4.79 Å². The normalized spacial score (nSPS) is 12.8. The molecule has 1 atom stereocenters. The van der Waals surface area contributed by atoms with Gasteiger partial charge in [-0.1, -0.05) is 26.2 Å². The van der Waals surface area contributed by atoms with Gasteiger partial charge in [0.15, 0.2) is 0 Å². The van der Waals surface area contributed by atoms with Crippen LogP contribution in [0, 0.1) is 0 Å². The third-order valence-electron chi connectivity index (χ3n) is 2.07. The minimum atomic E-state index is -0.728. The van der Waals surface area contributed by atoms with E-state index in [-0.39, 0.29) is 6.42 Å². The number of carboxylic acids is 1. The van der Waals surface area contributed by atoms with Gasteiger partial charge in [0.05, 0.1) is 6.42 Å². The SMILES string of the molecule is CCCCC[C@H](C)NCCC(=O)O. The molecule has 2 N–H and O–H groups in total. The molecule has 78 valence electrons. The lowest BCUT2D eigenvalue weighted by Crippen LogP contribution is -2.28. The van der Waals surface area contributed by atoms with E-state index in [9.17, 15) is 4.79 Å². The van der Waals surface area contributed by atoms with E-state index in [0.29, 0.717) is 12.6 Å². The van der Waals surface area contributed by atoms with E-state index in [1.807, 2.05) is 0 Å². The largest absolute Gasteiger partial charge is 0.481 e. The lowest BCUT2D eigenvalue weighted by molar-refractivity contribution is -0.136. The van der Waals surface area contributed by atoms with Gasteiger partial charge in [-0.2, -0.15) is 0 Å². The predicted octanol–water partition coefficient (Wildman–Crippen LogP) is 2.02. The Bertz CT molecular complexity index is 137. The summed E-state index contributed by atoms with van der Waals surface area (Å²) in [6, 6.07) is 0.450. The Kier molecular flexibility index (Phi) is 7.69. The van der Waals surface area contributed by atoms with Crippen LogP contribution < -0.4 is 5.32 Å². The standard InChI is InChI=1S/C10H21NO2/c1-3-4-5-6-9(2)11-8-7-10(12)13/h9,11H,3-8H2,1-2H3,(H,12,13)/t9-/m0/s1. The van der Waals surface area contributed by atoms with Gasteiger partial charge >= 0.3 is 5.97 Å². The molecule has 0 aliphatic rings. The van der Waals surface area contributed by atoms with Gasteiger partial charge in [0.25, 0.3) is 0 Å². The molecule has 0 unspecified atom stereocenters. The molecule has 3 heteroatoms. The molecular weight excluding hydrogens is 166 g/mol. The quantitative estimate of drug-likeness (QED) is 0.571. The van der Waals surface area contributed by atoms with Crippen LogP contribution in [0.5, 0.6) is 0 Å². The Morgan fingerprint density at radius 2 is 2.15 bits per heavy atom. The molecule has 0 radical (unpaired) electrons. The van der Waals surface area contributed by atoms with E-state index in [2.05, 4.69) is 19.2 Å². The zero-order valence-electron chi connectivity index (χ0n) is 8.68. The molecule has 0 aromatic carbocycles. The van der Waals surface area contributed by atoms with Crippen molar-refractivity contribution in [1.82, 2.24) is 5.32 Å². The summed E-state index contributed by atoms with van der Waals surface area (Å²) in [5, 5.41) is 11.6. The van der Waals surface area contributed by atoms with Crippen LogP contribution in [0.15, 0.2) is 0 Å². The zero-order chi connectivity index (χ0) is 10.1. The Hall–Kier alpha value is -0.570. The molecule has 0 fully saturated rings. The van der Waals surface area contributed by atoms with Crippen LogP contribution >= 0.6 is 0 Å². The molecule has 0 aliphatic carbocycles. The van der Waals surface area contributed by atoms with Crippen molar-refractivity contribution in [1.29, 1.82) is 0 Å². The number of nitrogens with one attached hydrogen (secondary N) is 1. The van der Waals surface area contributed by atoms with Gasteiger partial charge in [-0.05, 0) is 13.3 Å². The van der Waals surface area contributed by atoms with Gasteiger partial charge in [-0.15, -0.1) is 0 Å². The van der Waals surface area contributed by atoms with Crippen LogP contribution in [0.4, 0.5) is 0 Å². The van der Waals surface area contributed by atoms with Crippen molar-refractivity contribution in [2.45, 2.75) is 52.0 Å². The van der Waals surface area contributed by atoms with Crippen LogP contribution in [0.2, 0.25) is 0 Å². The summed E-state index contributed by atoms with van der Waals surface area (Å²) in [7, 11) is 0. The van der Waals surface area contributed by atoms with Crippen molar-refractivity contribution in [3.8, 4) is 0 Å². The average molecular weight is 187 g/mol. The summed E-state index contributed by atoms with van der Waals surface area (Å²) in [5.41, 5.74) is 0. The molecular formula is C10H21NO2. The fraction of sp³-hybridized carbons (Fsp3) is 0.900. The monoisotopic (exact) mass is 187 g/mol. The smallest absolute Gasteiger partial charge is 0.304 e. The van der Waals surface area contributed by atoms with Crippen LogP contribution in [0.3, 0.4) is 0 Å². The lowest BCUT2D eigenvalue weighted by atomic mass is 10.1. The lowest BCUT2D eigenvalue weighted by Gasteiger charge is -2.12. The fourth-order valence-corrected chi connectivity index (χ4v) is 1.23. The second-order valence-corrected chi connectivity index (χ2v) is 3.49. The molecule has 0 rings (SSSR count). The number of rotatable bonds is 8. The molecule has 0 heterocycles. The maximum Gasteiger partial charge on any atom is 0.304 e. The van der Waals surface area contributed by atoms with Crippen LogP contribution in [0.1, 0.15) is 46.0 Å². The first-order valence-electron chi connectivity index (χ1n) is 5.12. The van der Waals surface area contributed by atoms with Gasteiger partial charge in [0.1, 0.15) is 0 Å². The van der Waals surface area contributed by atoms with Gasteiger partial charge in [-0.3, -0.25) is 4.79 Å². The molecule has 0 bridgehead atoms. The first kappa shape index (κ1) is 12.4. The average Bonchev–Trinajstić information content (AvgIpc) is 2.04. The van der Waals surface area contributed by atoms with Crippen molar-refractivity contribution < 1.29 is 9.90 Å². The number of aliphatic carboxylic acids is 1. The summed E-state index contributed by atoms with van der Waals surface area (Å²) in [6.07, 6.45) is 5.11. The van der Waals surface area contributed by atoms with Crippen molar-refractivity contribution in [3.63, 3.8) is 0 Å². The number of hydrogen-bond donors (Lipinski definition) is 2. The van der Waals surface area contributed by atoms with E-state index in [1.54, 1.807) is 0 Å². The van der Waals surface area contributed by atoms with Crippen molar-refractivity contribution in [2.75, 3.05) is 6.54 Å². The highest BCUT2D eigenvalue weighted by molar-refractivity contribution is 5.66. The highest BCUT2D eigenvalue weighted by Crippen LogP contribution is 2.02. The van der Waals surface area contributed by atoms with Gasteiger partial charge in [0.2, 0.25) is 0 Å². The van der Waals surface area contributed by atoms with Crippen molar-refractivity contribution >= 4 is 5.97 Å². The molecule has 3 nitrogen and oxygen atoms in total. The molecule has 0 saturated heterocycles. The maximum atomic E-state index is 10.2. The summed E-state index contributed by atoms with van der Waals surface area (Å²) in [5.74, 6) is -0.728. The first-order chi connectivity index (χ1) is 6.16. The predicted molar refractivity (Wildman–Crippen MR) is 53.9 cm³/mol. The second-order valence-electron chi connectivity index (χ2n) is 3.49. The molecule has 0 aliphatic heterocycles. The van der Waals surface area contributed by atoms with E-state index in [4.69, 9.17) is 5.11 Å². The second kappa shape index (κ2) is 8.05. The Morgan fingerprint density at radius 3 is 2.69 bits per heavy atom. The first-order valence-corrected chi connectivity index (χ1v) is 5.12. The Labute approximate surface area is 80.5 Å². The summed E-state index contributed by atoms with van der Waals surface area (Å²) in [6.45, 7) is 4.88. The minimum absolute atomic E-state index is 0.220. The topological polar surface area (TPSA) is 49.3 Å². The van der Waals surface area contributed by atoms with Crippen LogP contribution in [-0.4, -0.2) is 23.7 Å². The molecule has 0 aromatic heterocycles. The number of unbranched alkanes of at least 4 members (excludes halogenated alkanes) is 2. The highest BCUT2D eigenvalue weighted by atomic mass is 16.4. The van der Waals surface area contributed by atoms with E-state index in [1.165, 1.54) is 19.3 Å². The summed E-state index contributed by atoms with van der Waals surface area (Å²) >= 11 is 0. The Balaban J connectivity index is 3.19. The van der Waals surface area contributed by atoms with E-state index < -0.39 is 5.97 Å². The summed E-state index contributed by atoms with van der Waals surface area (Å²) < 4.78 is 0.